The van der Waals surface area contributed by atoms with E-state index in [2.05, 4.69) is 31.9 Å². The first-order valence-corrected chi connectivity index (χ1v) is 13.9. The first-order chi connectivity index (χ1) is 18.4. The van der Waals surface area contributed by atoms with Crippen LogP contribution in [0.5, 0.6) is 0 Å². The van der Waals surface area contributed by atoms with Crippen molar-refractivity contribution >= 4 is 74.2 Å². The van der Waals surface area contributed by atoms with Crippen LogP contribution >= 0.6 is 39.0 Å². The summed E-state index contributed by atoms with van der Waals surface area (Å²) >= 11 is 5.90. The number of carbonyl (C=O) groups excluding carboxylic acids is 3. The Morgan fingerprint density at radius 3 is 2.37 bits per heavy atom. The highest BCUT2D eigenvalue weighted by atomic mass is 79.9. The van der Waals surface area contributed by atoms with Crippen molar-refractivity contribution in [1.29, 1.82) is 0 Å². The summed E-state index contributed by atoms with van der Waals surface area (Å²) in [6.07, 6.45) is 1.62. The largest absolute Gasteiger partial charge is 0.323 e. The molecule has 3 amide bonds. The number of anilines is 2. The van der Waals surface area contributed by atoms with Crippen LogP contribution in [0.2, 0.25) is 0 Å². The minimum Gasteiger partial charge on any atom is -0.323 e. The maximum Gasteiger partial charge on any atom is 0.272 e. The van der Waals surface area contributed by atoms with Gasteiger partial charge in [0.15, 0.2) is 0 Å². The molecular weight excluding hydrogens is 589 g/mol. The van der Waals surface area contributed by atoms with Gasteiger partial charge in [-0.3, -0.25) is 14.4 Å². The van der Waals surface area contributed by atoms with E-state index in [1.807, 2.05) is 23.6 Å². The molecule has 0 atom stereocenters. The normalized spacial score (nSPS) is 11.1. The van der Waals surface area contributed by atoms with Gasteiger partial charge in [-0.2, -0.15) is 0 Å². The second kappa shape index (κ2) is 13.2. The van der Waals surface area contributed by atoms with E-state index in [1.165, 1.54) is 35.2 Å². The van der Waals surface area contributed by atoms with Crippen LogP contribution in [-0.2, 0) is 9.59 Å². The maximum absolute atomic E-state index is 13.9. The van der Waals surface area contributed by atoms with E-state index in [4.69, 9.17) is 0 Å². The molecule has 6 nitrogen and oxygen atoms in total. The molecule has 1 aromatic heterocycles. The minimum absolute atomic E-state index is 0.0838. The summed E-state index contributed by atoms with van der Waals surface area (Å²) in [5.74, 6) is -1.65. The SMILES string of the molecule is O=C(CSc1ccc(NC(=O)/C(=C/c2cccs2)NC(=O)c2ccccc2)cc1)Nc1ccc(Br)cc1F. The van der Waals surface area contributed by atoms with Crippen LogP contribution in [0.15, 0.2) is 105 Å². The number of halogens is 2. The summed E-state index contributed by atoms with van der Waals surface area (Å²) in [7, 11) is 0. The Kier molecular flexibility index (Phi) is 9.47. The lowest BCUT2D eigenvalue weighted by Crippen LogP contribution is -2.30. The van der Waals surface area contributed by atoms with Gasteiger partial charge in [0, 0.05) is 25.5 Å². The molecule has 0 bridgehead atoms. The summed E-state index contributed by atoms with van der Waals surface area (Å²) in [6.45, 7) is 0. The van der Waals surface area contributed by atoms with Crippen molar-refractivity contribution in [3.05, 3.63) is 117 Å². The fraction of sp³-hybridized carbons (Fsp3) is 0.0357. The zero-order valence-corrected chi connectivity index (χ0v) is 23.0. The zero-order chi connectivity index (χ0) is 26.9. The van der Waals surface area contributed by atoms with Crippen molar-refractivity contribution in [2.75, 3.05) is 16.4 Å². The molecule has 4 aromatic rings. The predicted octanol–water partition coefficient (Wildman–Crippen LogP) is 6.79. The molecular formula is C28H21BrFN3O3S2. The van der Waals surface area contributed by atoms with Gasteiger partial charge in [0.25, 0.3) is 11.8 Å². The molecule has 4 rings (SSSR count). The highest BCUT2D eigenvalue weighted by Crippen LogP contribution is 2.23. The van der Waals surface area contributed by atoms with E-state index in [0.29, 0.717) is 15.7 Å². The molecule has 0 saturated heterocycles. The topological polar surface area (TPSA) is 87.3 Å². The number of amides is 3. The van der Waals surface area contributed by atoms with Gasteiger partial charge in [0.1, 0.15) is 11.5 Å². The molecule has 0 fully saturated rings. The fourth-order valence-electron chi connectivity index (χ4n) is 3.22. The average molecular weight is 611 g/mol. The van der Waals surface area contributed by atoms with Crippen LogP contribution < -0.4 is 16.0 Å². The van der Waals surface area contributed by atoms with Gasteiger partial charge < -0.3 is 16.0 Å². The van der Waals surface area contributed by atoms with Gasteiger partial charge in [0.2, 0.25) is 5.91 Å². The van der Waals surface area contributed by atoms with Gasteiger partial charge in [0.05, 0.1) is 11.4 Å². The number of hydrogen-bond donors (Lipinski definition) is 3. The van der Waals surface area contributed by atoms with Crippen molar-refractivity contribution in [3.8, 4) is 0 Å². The van der Waals surface area contributed by atoms with Crippen LogP contribution in [-0.4, -0.2) is 23.5 Å². The number of carbonyl (C=O) groups is 3. The quantitative estimate of drug-likeness (QED) is 0.144. The second-order valence-corrected chi connectivity index (χ2v) is 10.8. The molecule has 38 heavy (non-hydrogen) atoms. The number of thioether (sulfide) groups is 1. The third kappa shape index (κ3) is 7.88. The Labute approximate surface area is 235 Å². The molecule has 0 spiro atoms. The highest BCUT2D eigenvalue weighted by Gasteiger charge is 2.15. The standard InChI is InChI=1S/C28H21BrFN3O3S2/c29-19-8-13-24(23(30)15-19)32-26(34)17-38-21-11-9-20(10-12-21)31-28(36)25(16-22-7-4-14-37-22)33-27(35)18-5-2-1-3-6-18/h1-16H,17H2,(H,31,36)(H,32,34)(H,33,35)/b25-16-. The molecule has 192 valence electrons. The Morgan fingerprint density at radius 2 is 1.68 bits per heavy atom. The number of nitrogens with one attached hydrogen (secondary N) is 3. The molecule has 1 heterocycles. The Morgan fingerprint density at radius 1 is 0.921 bits per heavy atom. The van der Waals surface area contributed by atoms with Crippen molar-refractivity contribution in [1.82, 2.24) is 5.32 Å². The third-order valence-electron chi connectivity index (χ3n) is 5.05. The Bertz CT molecular complexity index is 1460. The summed E-state index contributed by atoms with van der Waals surface area (Å²) in [6, 6.07) is 23.7. The third-order valence-corrected chi connectivity index (χ3v) is 7.37. The number of rotatable bonds is 9. The van der Waals surface area contributed by atoms with Crippen LogP contribution in [0.1, 0.15) is 15.2 Å². The van der Waals surface area contributed by atoms with Crippen molar-refractivity contribution in [2.24, 2.45) is 0 Å². The molecule has 10 heteroatoms. The van der Waals surface area contributed by atoms with Crippen LogP contribution in [0.25, 0.3) is 6.08 Å². The molecule has 0 aliphatic heterocycles. The molecule has 3 N–H and O–H groups in total. The highest BCUT2D eigenvalue weighted by molar-refractivity contribution is 9.10. The van der Waals surface area contributed by atoms with E-state index in [1.54, 1.807) is 60.7 Å². The molecule has 0 unspecified atom stereocenters. The minimum atomic E-state index is -0.523. The van der Waals surface area contributed by atoms with Crippen molar-refractivity contribution in [3.63, 3.8) is 0 Å². The monoisotopic (exact) mass is 609 g/mol. The Hall–Kier alpha value is -3.73. The zero-order valence-electron chi connectivity index (χ0n) is 19.7. The fourth-order valence-corrected chi connectivity index (χ4v) is 4.91. The van der Waals surface area contributed by atoms with Gasteiger partial charge >= 0.3 is 0 Å². The molecule has 0 saturated carbocycles. The summed E-state index contributed by atoms with van der Waals surface area (Å²) in [5, 5.41) is 9.93. The van der Waals surface area contributed by atoms with Gasteiger partial charge in [-0.15, -0.1) is 23.1 Å². The van der Waals surface area contributed by atoms with Crippen molar-refractivity contribution < 1.29 is 18.8 Å². The van der Waals surface area contributed by atoms with Crippen LogP contribution in [0.3, 0.4) is 0 Å². The summed E-state index contributed by atoms with van der Waals surface area (Å²) in [5.41, 5.74) is 1.18. The van der Waals surface area contributed by atoms with E-state index < -0.39 is 17.6 Å². The van der Waals surface area contributed by atoms with E-state index in [-0.39, 0.29) is 23.0 Å². The Balaban J connectivity index is 1.36. The maximum atomic E-state index is 13.9. The smallest absolute Gasteiger partial charge is 0.272 e. The lowest BCUT2D eigenvalue weighted by molar-refractivity contribution is -0.114. The molecule has 0 radical (unpaired) electrons. The summed E-state index contributed by atoms with van der Waals surface area (Å²) < 4.78 is 14.5. The van der Waals surface area contributed by atoms with Gasteiger partial charge in [-0.25, -0.2) is 4.39 Å². The number of benzene rings is 3. The van der Waals surface area contributed by atoms with E-state index >= 15 is 0 Å². The van der Waals surface area contributed by atoms with Crippen LogP contribution in [0.4, 0.5) is 15.8 Å². The molecule has 0 aliphatic rings. The lowest BCUT2D eigenvalue weighted by Gasteiger charge is -2.11. The van der Waals surface area contributed by atoms with E-state index in [0.717, 1.165) is 9.77 Å². The van der Waals surface area contributed by atoms with Gasteiger partial charge in [-0.05, 0) is 72.1 Å². The lowest BCUT2D eigenvalue weighted by atomic mass is 10.2. The number of hydrogen-bond acceptors (Lipinski definition) is 5. The molecule has 3 aromatic carbocycles. The first kappa shape index (κ1) is 27.3. The summed E-state index contributed by atoms with van der Waals surface area (Å²) in [4.78, 5) is 39.6. The second-order valence-electron chi connectivity index (χ2n) is 7.83. The first-order valence-electron chi connectivity index (χ1n) is 11.3. The van der Waals surface area contributed by atoms with E-state index in [9.17, 15) is 18.8 Å². The predicted molar refractivity (Wildman–Crippen MR) is 155 cm³/mol. The van der Waals surface area contributed by atoms with Crippen LogP contribution in [0, 0.1) is 5.82 Å². The van der Waals surface area contributed by atoms with Crippen molar-refractivity contribution in [2.45, 2.75) is 4.90 Å². The number of thiophene rings is 1. The average Bonchev–Trinajstić information content (AvgIpc) is 3.43. The molecule has 0 aliphatic carbocycles. The van der Waals surface area contributed by atoms with Gasteiger partial charge in [-0.1, -0.05) is 40.2 Å².